The van der Waals surface area contributed by atoms with Crippen LogP contribution in [0.25, 0.3) is 11.3 Å². The van der Waals surface area contributed by atoms with Crippen molar-refractivity contribution in [2.24, 2.45) is 0 Å². The minimum absolute atomic E-state index is 0.0310. The molecule has 0 fully saturated rings. The molecule has 0 aliphatic carbocycles. The highest BCUT2D eigenvalue weighted by Crippen LogP contribution is 2.29. The van der Waals surface area contributed by atoms with Crippen LogP contribution in [0.3, 0.4) is 0 Å². The largest absolute Gasteiger partial charge is 0.489 e. The normalized spacial score (nSPS) is 10.7. The van der Waals surface area contributed by atoms with Gasteiger partial charge in [-0.25, -0.2) is 0 Å². The van der Waals surface area contributed by atoms with Crippen LogP contribution in [0.15, 0.2) is 83.4 Å². The number of hydrogen-bond acceptors (Lipinski definition) is 6. The van der Waals surface area contributed by atoms with Crippen molar-refractivity contribution < 1.29 is 23.9 Å². The van der Waals surface area contributed by atoms with Gasteiger partial charge in [0.05, 0.1) is 5.71 Å². The number of aliphatic carboxylic acids is 1. The first-order valence-corrected chi connectivity index (χ1v) is 11.2. The average molecular weight is 471 g/mol. The first kappa shape index (κ1) is 23.8. The topological polar surface area (TPSA) is 106 Å². The maximum Gasteiger partial charge on any atom is 0.303 e. The zero-order valence-electron chi connectivity index (χ0n) is 19.4. The fourth-order valence-electron chi connectivity index (χ4n) is 3.56. The van der Waals surface area contributed by atoms with Crippen LogP contribution in [0.5, 0.6) is 11.5 Å². The van der Waals surface area contributed by atoms with E-state index >= 15 is 0 Å². The Kier molecular flexibility index (Phi) is 7.57. The number of aryl methyl sites for hydroxylation is 2. The Labute approximate surface area is 203 Å². The van der Waals surface area contributed by atoms with E-state index in [2.05, 4.69) is 5.16 Å². The molecule has 4 rings (SSSR count). The summed E-state index contributed by atoms with van der Waals surface area (Å²) in [5.41, 5.74) is 4.54. The zero-order valence-corrected chi connectivity index (χ0v) is 19.4. The van der Waals surface area contributed by atoms with E-state index in [9.17, 15) is 4.79 Å². The molecular weight excluding hydrogens is 444 g/mol. The van der Waals surface area contributed by atoms with Crippen LogP contribution in [0.2, 0.25) is 0 Å². The number of benzene rings is 3. The highest BCUT2D eigenvalue weighted by molar-refractivity contribution is 5.99. The Morgan fingerprint density at radius 2 is 1.71 bits per heavy atom. The minimum Gasteiger partial charge on any atom is -0.489 e. The van der Waals surface area contributed by atoms with Gasteiger partial charge >= 0.3 is 5.97 Å². The molecule has 3 aromatic carbocycles. The molecule has 0 spiro atoms. The van der Waals surface area contributed by atoms with E-state index in [0.29, 0.717) is 41.7 Å². The second-order valence-electron chi connectivity index (χ2n) is 8.10. The summed E-state index contributed by atoms with van der Waals surface area (Å²) in [7, 11) is 0. The molecule has 178 valence electrons. The number of rotatable bonds is 11. The molecule has 0 aliphatic heterocycles. The molecule has 0 unspecified atom stereocenters. The lowest BCUT2D eigenvalue weighted by molar-refractivity contribution is -0.136. The number of carbonyl (C=O) groups is 1. The number of ether oxygens (including phenoxy) is 2. The monoisotopic (exact) mass is 470 g/mol. The van der Waals surface area contributed by atoms with Gasteiger partial charge in [0.1, 0.15) is 36.2 Å². The maximum absolute atomic E-state index is 11.0. The molecule has 0 amide bonds. The molecule has 0 radical (unpaired) electrons. The molecule has 2 N–H and O–H groups in total. The van der Waals surface area contributed by atoms with Gasteiger partial charge in [-0.15, -0.1) is 0 Å². The van der Waals surface area contributed by atoms with Gasteiger partial charge < -0.3 is 24.5 Å². The summed E-state index contributed by atoms with van der Waals surface area (Å²) in [5, 5.41) is 21.3. The van der Waals surface area contributed by atoms with Crippen molar-refractivity contribution in [3.05, 3.63) is 101 Å². The Morgan fingerprint density at radius 3 is 2.40 bits per heavy atom. The third-order valence-electron chi connectivity index (χ3n) is 5.43. The predicted octanol–water partition coefficient (Wildman–Crippen LogP) is 5.69. The standard InChI is InChI=1S/C28H26N2O5/c1-19-15-27(30-35-19)25-16-24(13-9-21(25)10-14-28(31)32)33-17-20-7-11-23(12-8-20)34-18-26(29)22-5-3-2-4-6-22/h2-9,11-13,15-16,29H,10,14,17-18H2,1H3,(H,31,32). The van der Waals surface area contributed by atoms with Gasteiger partial charge in [-0.3, -0.25) is 4.79 Å². The first-order valence-electron chi connectivity index (χ1n) is 11.2. The van der Waals surface area contributed by atoms with Gasteiger partial charge in [-0.1, -0.05) is 53.7 Å². The average Bonchev–Trinajstić information content (AvgIpc) is 3.32. The van der Waals surface area contributed by atoms with E-state index in [4.69, 9.17) is 24.5 Å². The molecule has 0 atom stereocenters. The van der Waals surface area contributed by atoms with Gasteiger partial charge in [-0.05, 0) is 54.3 Å². The second kappa shape index (κ2) is 11.2. The fourth-order valence-corrected chi connectivity index (χ4v) is 3.56. The molecule has 4 aromatic rings. The summed E-state index contributed by atoms with van der Waals surface area (Å²) >= 11 is 0. The SMILES string of the molecule is Cc1cc(-c2cc(OCc3ccc(OCC(=N)c4ccccc4)cc3)ccc2CCC(=O)O)no1. The summed E-state index contributed by atoms with van der Waals surface area (Å²) in [4.78, 5) is 11.0. The number of nitrogens with one attached hydrogen (secondary N) is 1. The first-order chi connectivity index (χ1) is 17.0. The molecular formula is C28H26N2O5. The number of carboxylic acid groups (broad SMARTS) is 1. The Morgan fingerprint density at radius 1 is 0.971 bits per heavy atom. The van der Waals surface area contributed by atoms with E-state index in [0.717, 1.165) is 22.3 Å². The fraction of sp³-hybridized carbons (Fsp3) is 0.179. The third-order valence-corrected chi connectivity index (χ3v) is 5.43. The van der Waals surface area contributed by atoms with Crippen LogP contribution in [-0.2, 0) is 17.8 Å². The molecule has 1 heterocycles. The quantitative estimate of drug-likeness (QED) is 0.273. The summed E-state index contributed by atoms with van der Waals surface area (Å²) in [6, 6.07) is 24.4. The van der Waals surface area contributed by atoms with Crippen LogP contribution in [-0.4, -0.2) is 28.6 Å². The molecule has 7 nitrogen and oxygen atoms in total. The zero-order chi connectivity index (χ0) is 24.6. The molecule has 1 aromatic heterocycles. The second-order valence-corrected chi connectivity index (χ2v) is 8.10. The Bertz CT molecular complexity index is 1300. The van der Waals surface area contributed by atoms with Crippen molar-refractivity contribution in [3.63, 3.8) is 0 Å². The van der Waals surface area contributed by atoms with Crippen molar-refractivity contribution in [2.45, 2.75) is 26.4 Å². The van der Waals surface area contributed by atoms with Crippen LogP contribution >= 0.6 is 0 Å². The van der Waals surface area contributed by atoms with Gasteiger partial charge in [0, 0.05) is 18.1 Å². The minimum atomic E-state index is -0.850. The third kappa shape index (κ3) is 6.57. The van der Waals surface area contributed by atoms with E-state index < -0.39 is 5.97 Å². The number of aromatic nitrogens is 1. The van der Waals surface area contributed by atoms with E-state index in [1.54, 1.807) is 0 Å². The highest BCUT2D eigenvalue weighted by atomic mass is 16.5. The van der Waals surface area contributed by atoms with Crippen LogP contribution < -0.4 is 9.47 Å². The summed E-state index contributed by atoms with van der Waals surface area (Å²) in [6.07, 6.45) is 0.420. The maximum atomic E-state index is 11.0. The highest BCUT2D eigenvalue weighted by Gasteiger charge is 2.13. The smallest absolute Gasteiger partial charge is 0.303 e. The lowest BCUT2D eigenvalue weighted by Gasteiger charge is -2.12. The number of carboxylic acids is 1. The summed E-state index contributed by atoms with van der Waals surface area (Å²) in [6.45, 7) is 2.36. The van der Waals surface area contributed by atoms with Crippen LogP contribution in [0, 0.1) is 12.3 Å². The van der Waals surface area contributed by atoms with E-state index in [1.807, 2.05) is 85.8 Å². The lowest BCUT2D eigenvalue weighted by Crippen LogP contribution is -2.11. The Balaban J connectivity index is 1.38. The molecule has 0 saturated carbocycles. The summed E-state index contributed by atoms with van der Waals surface area (Å²) in [5.74, 6) is 1.16. The summed E-state index contributed by atoms with van der Waals surface area (Å²) < 4.78 is 16.9. The van der Waals surface area contributed by atoms with Crippen molar-refractivity contribution >= 4 is 11.7 Å². The number of nitrogens with zero attached hydrogens (tertiary/aromatic N) is 1. The number of hydrogen-bond donors (Lipinski definition) is 2. The molecule has 7 heteroatoms. The van der Waals surface area contributed by atoms with Gasteiger partial charge in [0.2, 0.25) is 0 Å². The molecule has 0 bridgehead atoms. The predicted molar refractivity (Wildman–Crippen MR) is 132 cm³/mol. The Hall–Kier alpha value is -4.39. The van der Waals surface area contributed by atoms with Crippen molar-refractivity contribution in [1.82, 2.24) is 5.16 Å². The van der Waals surface area contributed by atoms with Crippen LogP contribution in [0.1, 0.15) is 28.9 Å². The van der Waals surface area contributed by atoms with Gasteiger partial charge in [-0.2, -0.15) is 0 Å². The van der Waals surface area contributed by atoms with Crippen molar-refractivity contribution in [1.29, 1.82) is 5.41 Å². The van der Waals surface area contributed by atoms with Crippen LogP contribution in [0.4, 0.5) is 0 Å². The molecule has 35 heavy (non-hydrogen) atoms. The molecule has 0 aliphatic rings. The lowest BCUT2D eigenvalue weighted by atomic mass is 10.00. The van der Waals surface area contributed by atoms with Crippen molar-refractivity contribution in [2.75, 3.05) is 6.61 Å². The van der Waals surface area contributed by atoms with Crippen molar-refractivity contribution in [3.8, 4) is 22.8 Å². The van der Waals surface area contributed by atoms with Gasteiger partial charge in [0.15, 0.2) is 0 Å². The van der Waals surface area contributed by atoms with E-state index in [-0.39, 0.29) is 13.0 Å². The molecule has 0 saturated heterocycles. The van der Waals surface area contributed by atoms with E-state index in [1.165, 1.54) is 0 Å². The van der Waals surface area contributed by atoms with Gasteiger partial charge in [0.25, 0.3) is 0 Å².